The number of hydrogen-bond donors (Lipinski definition) is 2. The molecule has 0 aliphatic heterocycles. The molecule has 0 radical (unpaired) electrons. The molecule has 0 amide bonds. The van der Waals surface area contributed by atoms with Crippen LogP contribution in [0.3, 0.4) is 0 Å². The van der Waals surface area contributed by atoms with E-state index in [1.807, 2.05) is 6.92 Å². The average molecular weight is 522 g/mol. The molecule has 0 unspecified atom stereocenters. The predicted octanol–water partition coefficient (Wildman–Crippen LogP) is 7.41. The Morgan fingerprint density at radius 1 is 0.919 bits per heavy atom. The fourth-order valence-corrected chi connectivity index (χ4v) is 3.68. The third kappa shape index (κ3) is 6.29. The average Bonchev–Trinajstić information content (AvgIpc) is 3.51. The molecule has 0 saturated carbocycles. The SMILES string of the molecule is CCn1cc(C=O)cc1-c1ccccc1C(F)(F)F.O=C(O)c1c[nH]c(-c2ccccc2C(F)(F)F)c1. The molecular weight excluding hydrogens is 502 g/mol. The number of halogens is 6. The first-order valence-electron chi connectivity index (χ1n) is 10.8. The highest BCUT2D eigenvalue weighted by Crippen LogP contribution is 2.38. The van der Waals surface area contributed by atoms with Gasteiger partial charge in [0.05, 0.1) is 16.7 Å². The Labute approximate surface area is 207 Å². The van der Waals surface area contributed by atoms with Crippen LogP contribution >= 0.6 is 0 Å². The maximum Gasteiger partial charge on any atom is 0.417 e. The molecule has 37 heavy (non-hydrogen) atoms. The fourth-order valence-electron chi connectivity index (χ4n) is 3.68. The molecule has 4 aromatic rings. The van der Waals surface area contributed by atoms with Gasteiger partial charge in [-0.1, -0.05) is 36.4 Å². The minimum absolute atomic E-state index is 0.0718. The van der Waals surface area contributed by atoms with E-state index in [9.17, 15) is 35.9 Å². The van der Waals surface area contributed by atoms with Crippen molar-refractivity contribution in [3.8, 4) is 22.5 Å². The molecule has 2 heterocycles. The second-order valence-electron chi connectivity index (χ2n) is 7.76. The number of carbonyl (C=O) groups excluding carboxylic acids is 1. The van der Waals surface area contributed by atoms with E-state index in [-0.39, 0.29) is 22.4 Å². The summed E-state index contributed by atoms with van der Waals surface area (Å²) < 4.78 is 78.9. The van der Waals surface area contributed by atoms with Crippen molar-refractivity contribution in [2.45, 2.75) is 25.8 Å². The number of aromatic nitrogens is 2. The van der Waals surface area contributed by atoms with E-state index in [4.69, 9.17) is 5.11 Å². The minimum atomic E-state index is -4.48. The van der Waals surface area contributed by atoms with Gasteiger partial charge in [0.25, 0.3) is 0 Å². The number of carbonyl (C=O) groups is 2. The normalized spacial score (nSPS) is 11.5. The quantitative estimate of drug-likeness (QED) is 0.212. The molecule has 5 nitrogen and oxygen atoms in total. The number of aromatic carboxylic acids is 1. The largest absolute Gasteiger partial charge is 0.478 e. The molecule has 0 fully saturated rings. The number of hydrogen-bond acceptors (Lipinski definition) is 2. The molecule has 0 aliphatic rings. The van der Waals surface area contributed by atoms with Crippen LogP contribution in [0.4, 0.5) is 26.3 Å². The van der Waals surface area contributed by atoms with Gasteiger partial charge in [0.2, 0.25) is 0 Å². The van der Waals surface area contributed by atoms with Gasteiger partial charge in [-0.3, -0.25) is 4.79 Å². The van der Waals surface area contributed by atoms with Gasteiger partial charge in [0.15, 0.2) is 6.29 Å². The smallest absolute Gasteiger partial charge is 0.417 e. The topological polar surface area (TPSA) is 75.1 Å². The molecule has 0 atom stereocenters. The Kier molecular flexibility index (Phi) is 7.95. The van der Waals surface area contributed by atoms with Crippen molar-refractivity contribution in [3.05, 3.63) is 95.3 Å². The fraction of sp³-hybridized carbons (Fsp3) is 0.154. The Hall–Kier alpha value is -4.28. The first-order valence-corrected chi connectivity index (χ1v) is 10.8. The van der Waals surface area contributed by atoms with Crippen molar-refractivity contribution >= 4 is 12.3 Å². The summed E-state index contributed by atoms with van der Waals surface area (Å²) in [4.78, 5) is 24.0. The van der Waals surface area contributed by atoms with Crippen molar-refractivity contribution < 1.29 is 41.0 Å². The van der Waals surface area contributed by atoms with Crippen LogP contribution < -0.4 is 0 Å². The molecule has 0 aliphatic carbocycles. The first kappa shape index (κ1) is 27.3. The highest BCUT2D eigenvalue weighted by atomic mass is 19.4. The van der Waals surface area contributed by atoms with E-state index in [0.29, 0.717) is 24.1 Å². The summed E-state index contributed by atoms with van der Waals surface area (Å²) in [6.07, 6.45) is -5.56. The molecule has 194 valence electrons. The van der Waals surface area contributed by atoms with Crippen LogP contribution in [-0.2, 0) is 18.9 Å². The van der Waals surface area contributed by atoms with E-state index in [1.54, 1.807) is 16.8 Å². The third-order valence-electron chi connectivity index (χ3n) is 5.36. The summed E-state index contributed by atoms with van der Waals surface area (Å²) in [5.41, 5.74) is -0.667. The molecule has 0 spiro atoms. The lowest BCUT2D eigenvalue weighted by atomic mass is 10.0. The second-order valence-corrected chi connectivity index (χ2v) is 7.76. The van der Waals surface area contributed by atoms with E-state index in [0.717, 1.165) is 18.3 Å². The van der Waals surface area contributed by atoms with Crippen LogP contribution in [0, 0.1) is 0 Å². The van der Waals surface area contributed by atoms with Crippen LogP contribution in [0.25, 0.3) is 22.5 Å². The number of rotatable bonds is 5. The Morgan fingerprint density at radius 3 is 1.95 bits per heavy atom. The number of nitrogens with zero attached hydrogens (tertiary/aromatic N) is 1. The molecule has 2 N–H and O–H groups in total. The van der Waals surface area contributed by atoms with E-state index >= 15 is 0 Å². The van der Waals surface area contributed by atoms with Gasteiger partial charge in [-0.25, -0.2) is 4.79 Å². The zero-order chi connectivity index (χ0) is 27.4. The van der Waals surface area contributed by atoms with Crippen molar-refractivity contribution in [2.75, 3.05) is 0 Å². The maximum absolute atomic E-state index is 13.0. The van der Waals surface area contributed by atoms with Crippen molar-refractivity contribution in [3.63, 3.8) is 0 Å². The number of alkyl halides is 6. The van der Waals surface area contributed by atoms with Gasteiger partial charge < -0.3 is 14.7 Å². The van der Waals surface area contributed by atoms with E-state index in [1.165, 1.54) is 42.5 Å². The van der Waals surface area contributed by atoms with Crippen molar-refractivity contribution in [2.24, 2.45) is 0 Å². The van der Waals surface area contributed by atoms with Gasteiger partial charge in [-0.15, -0.1) is 0 Å². The predicted molar refractivity (Wildman–Crippen MR) is 124 cm³/mol. The summed E-state index contributed by atoms with van der Waals surface area (Å²) >= 11 is 0. The number of carboxylic acids is 1. The summed E-state index contributed by atoms with van der Waals surface area (Å²) in [6.45, 7) is 2.31. The Balaban J connectivity index is 0.000000206. The molecule has 2 aromatic carbocycles. The molecular formula is C26H20F6N2O3. The van der Waals surface area contributed by atoms with Crippen LogP contribution in [0.1, 0.15) is 38.8 Å². The standard InChI is InChI=1S/C14H12F3NO.C12H8F3NO2/c1-2-18-8-10(9-19)7-13(18)11-5-3-4-6-12(11)14(15,16)17;13-12(14,15)9-4-2-1-3-8(9)10-5-7(6-16-10)11(17)18/h3-9H,2H2,1H3;1-6,16H,(H,17,18). The molecule has 11 heteroatoms. The molecule has 0 bridgehead atoms. The van der Waals surface area contributed by atoms with Gasteiger partial charge >= 0.3 is 18.3 Å². The number of H-pyrrole nitrogens is 1. The van der Waals surface area contributed by atoms with E-state index < -0.39 is 29.4 Å². The van der Waals surface area contributed by atoms with Crippen LogP contribution in [0.5, 0.6) is 0 Å². The summed E-state index contributed by atoms with van der Waals surface area (Å²) in [7, 11) is 0. The number of nitrogens with one attached hydrogen (secondary N) is 1. The number of carboxylic acid groups (broad SMARTS) is 1. The second kappa shape index (κ2) is 10.8. The lowest BCUT2D eigenvalue weighted by Gasteiger charge is -2.14. The highest BCUT2D eigenvalue weighted by Gasteiger charge is 2.34. The van der Waals surface area contributed by atoms with Crippen molar-refractivity contribution in [1.82, 2.24) is 9.55 Å². The molecule has 2 aromatic heterocycles. The van der Waals surface area contributed by atoms with E-state index in [2.05, 4.69) is 4.98 Å². The van der Waals surface area contributed by atoms with Gasteiger partial charge in [0.1, 0.15) is 0 Å². The number of benzene rings is 2. The molecule has 0 saturated heterocycles. The van der Waals surface area contributed by atoms with Crippen molar-refractivity contribution in [1.29, 1.82) is 0 Å². The number of aldehydes is 1. The molecule has 4 rings (SSSR count). The zero-order valence-electron chi connectivity index (χ0n) is 19.2. The van der Waals surface area contributed by atoms with Crippen LogP contribution in [0.15, 0.2) is 73.1 Å². The number of aromatic amines is 1. The van der Waals surface area contributed by atoms with Crippen LogP contribution in [-0.4, -0.2) is 26.9 Å². The maximum atomic E-state index is 13.0. The Morgan fingerprint density at radius 2 is 1.46 bits per heavy atom. The number of aryl methyl sites for hydroxylation is 1. The van der Waals surface area contributed by atoms with Gasteiger partial charge in [-0.05, 0) is 31.2 Å². The zero-order valence-corrected chi connectivity index (χ0v) is 19.2. The lowest BCUT2D eigenvalue weighted by molar-refractivity contribution is -0.137. The summed E-state index contributed by atoms with van der Waals surface area (Å²) in [6, 6.07) is 13.0. The minimum Gasteiger partial charge on any atom is -0.478 e. The summed E-state index contributed by atoms with van der Waals surface area (Å²) in [5.74, 6) is -1.19. The third-order valence-corrected chi connectivity index (χ3v) is 5.36. The lowest BCUT2D eigenvalue weighted by Crippen LogP contribution is -2.08. The van der Waals surface area contributed by atoms with Gasteiger partial charge in [-0.2, -0.15) is 26.3 Å². The summed E-state index contributed by atoms with van der Waals surface area (Å²) in [5, 5.41) is 8.73. The van der Waals surface area contributed by atoms with Crippen LogP contribution in [0.2, 0.25) is 0 Å². The van der Waals surface area contributed by atoms with Gasteiger partial charge in [0, 0.05) is 47.0 Å². The monoisotopic (exact) mass is 522 g/mol. The Bertz CT molecular complexity index is 1400. The highest BCUT2D eigenvalue weighted by molar-refractivity contribution is 5.89. The first-order chi connectivity index (χ1) is 17.4.